The number of hydrogen-bond acceptors (Lipinski definition) is 10. The van der Waals surface area contributed by atoms with Crippen LogP contribution < -0.4 is 11.3 Å². The fraction of sp³-hybridized carbons (Fsp3) is 0.522. The van der Waals surface area contributed by atoms with Crippen molar-refractivity contribution >= 4 is 40.5 Å². The number of nitrogens with two attached hydrogens (primary N) is 1. The van der Waals surface area contributed by atoms with E-state index >= 15 is 0 Å². The number of hydrogen-bond donors (Lipinski definition) is 1. The molecule has 3 heterocycles. The number of rotatable bonds is 4. The van der Waals surface area contributed by atoms with Gasteiger partial charge in [-0.1, -0.05) is 11.3 Å². The van der Waals surface area contributed by atoms with Gasteiger partial charge in [-0.15, -0.1) is 5.10 Å². The van der Waals surface area contributed by atoms with E-state index in [4.69, 9.17) is 15.2 Å². The Kier molecular flexibility index (Phi) is 6.65. The van der Waals surface area contributed by atoms with Crippen LogP contribution in [0.3, 0.4) is 0 Å². The van der Waals surface area contributed by atoms with Crippen LogP contribution in [0.1, 0.15) is 52.5 Å². The van der Waals surface area contributed by atoms with E-state index in [-0.39, 0.29) is 29.4 Å². The lowest BCUT2D eigenvalue weighted by molar-refractivity contribution is -0.165. The molecule has 2 atom stereocenters. The summed E-state index contributed by atoms with van der Waals surface area (Å²) in [7, 11) is 0. The molecule has 13 heteroatoms. The molecule has 13 nitrogen and oxygen atoms in total. The van der Waals surface area contributed by atoms with E-state index in [2.05, 4.69) is 10.3 Å². The molecule has 2 aromatic rings. The predicted molar refractivity (Wildman–Crippen MR) is 125 cm³/mol. The Hall–Kier alpha value is -4.03. The molecule has 0 spiro atoms. The molecule has 192 valence electrons. The highest BCUT2D eigenvalue weighted by molar-refractivity contribution is 6.00. The van der Waals surface area contributed by atoms with Crippen LogP contribution in [0.5, 0.6) is 0 Å². The van der Waals surface area contributed by atoms with Crippen LogP contribution in [0.4, 0.5) is 10.5 Å². The number of carbonyl (C=O) groups excluding carboxylic acids is 4. The molecule has 36 heavy (non-hydrogen) atoms. The third kappa shape index (κ3) is 4.86. The SMILES string of the molecule is CC(C)(C)OC(=O)N1CCC[C@@H]1C(=O)OCN1C(=O)CCC(n2nnc3cccc(N)c3c2=O)C1=O. The topological polar surface area (TPSA) is 167 Å². The Morgan fingerprint density at radius 3 is 2.64 bits per heavy atom. The Labute approximate surface area is 206 Å². The number of esters is 1. The fourth-order valence-corrected chi connectivity index (χ4v) is 4.29. The summed E-state index contributed by atoms with van der Waals surface area (Å²) in [6, 6.07) is 2.74. The first-order valence-corrected chi connectivity index (χ1v) is 11.6. The Morgan fingerprint density at radius 1 is 1.17 bits per heavy atom. The normalized spacial score (nSPS) is 20.6. The monoisotopic (exact) mass is 500 g/mol. The molecular formula is C23H28N6O7. The van der Waals surface area contributed by atoms with Crippen molar-refractivity contribution in [1.29, 1.82) is 0 Å². The number of imide groups is 1. The molecule has 0 radical (unpaired) electrons. The first kappa shape index (κ1) is 25.1. The summed E-state index contributed by atoms with van der Waals surface area (Å²) in [4.78, 5) is 65.9. The Morgan fingerprint density at radius 2 is 1.92 bits per heavy atom. The largest absolute Gasteiger partial charge is 0.444 e. The maximum atomic E-state index is 13.1. The van der Waals surface area contributed by atoms with Crippen molar-refractivity contribution in [3.05, 3.63) is 28.6 Å². The smallest absolute Gasteiger partial charge is 0.411 e. The minimum absolute atomic E-state index is 0.0317. The predicted octanol–water partition coefficient (Wildman–Crippen LogP) is 0.964. The van der Waals surface area contributed by atoms with E-state index in [1.807, 2.05) is 0 Å². The van der Waals surface area contributed by atoms with Crippen LogP contribution in [0.2, 0.25) is 0 Å². The number of fused-ring (bicyclic) bond motifs is 1. The van der Waals surface area contributed by atoms with E-state index in [9.17, 15) is 24.0 Å². The molecule has 0 aliphatic carbocycles. The minimum atomic E-state index is -1.12. The van der Waals surface area contributed by atoms with Gasteiger partial charge < -0.3 is 15.2 Å². The van der Waals surface area contributed by atoms with Crippen molar-refractivity contribution in [3.8, 4) is 0 Å². The van der Waals surface area contributed by atoms with Crippen molar-refractivity contribution in [2.45, 2.75) is 64.1 Å². The summed E-state index contributed by atoms with van der Waals surface area (Å²) in [6.45, 7) is 4.84. The second kappa shape index (κ2) is 9.55. The molecule has 2 aliphatic rings. The first-order valence-electron chi connectivity index (χ1n) is 11.6. The van der Waals surface area contributed by atoms with Gasteiger partial charge in [-0.3, -0.25) is 19.3 Å². The van der Waals surface area contributed by atoms with Crippen molar-refractivity contribution in [3.63, 3.8) is 0 Å². The average Bonchev–Trinajstić information content (AvgIpc) is 3.29. The maximum absolute atomic E-state index is 13.1. The van der Waals surface area contributed by atoms with Crippen LogP contribution in [0, 0.1) is 0 Å². The number of likely N-dealkylation sites (tertiary alicyclic amines) is 2. The van der Waals surface area contributed by atoms with Gasteiger partial charge in [0.1, 0.15) is 23.2 Å². The standard InChI is InChI=1S/C23H28N6O7/c1-23(2,3)36-22(34)27-11-5-8-16(27)21(33)35-12-28-17(30)10-9-15(19(28)31)29-20(32)18-13(24)6-4-7-14(18)25-26-29/h4,6-7,15-16H,5,8-12,24H2,1-3H3/t15?,16-/m1/s1. The molecule has 2 N–H and O–H groups in total. The molecule has 2 fully saturated rings. The fourth-order valence-electron chi connectivity index (χ4n) is 4.29. The Balaban J connectivity index is 1.48. The van der Waals surface area contributed by atoms with Gasteiger partial charge in [0.25, 0.3) is 11.5 Å². The highest BCUT2D eigenvalue weighted by Gasteiger charge is 2.40. The van der Waals surface area contributed by atoms with Crippen LogP contribution in [0.15, 0.2) is 23.0 Å². The van der Waals surface area contributed by atoms with E-state index in [0.717, 1.165) is 9.58 Å². The Bertz CT molecular complexity index is 1280. The summed E-state index contributed by atoms with van der Waals surface area (Å²) < 4.78 is 11.5. The van der Waals surface area contributed by atoms with Crippen LogP contribution in [-0.2, 0) is 23.9 Å². The van der Waals surface area contributed by atoms with Crippen LogP contribution >= 0.6 is 0 Å². The first-order chi connectivity index (χ1) is 17.0. The minimum Gasteiger partial charge on any atom is -0.444 e. The lowest BCUT2D eigenvalue weighted by Gasteiger charge is -2.31. The highest BCUT2D eigenvalue weighted by atomic mass is 16.6. The molecule has 0 saturated carbocycles. The lowest BCUT2D eigenvalue weighted by atomic mass is 10.0. The number of anilines is 1. The van der Waals surface area contributed by atoms with E-state index in [1.165, 1.54) is 11.0 Å². The number of benzene rings is 1. The van der Waals surface area contributed by atoms with Crippen molar-refractivity contribution in [2.24, 2.45) is 0 Å². The van der Waals surface area contributed by atoms with E-state index in [1.54, 1.807) is 32.9 Å². The van der Waals surface area contributed by atoms with Gasteiger partial charge in [-0.25, -0.2) is 14.5 Å². The molecule has 4 rings (SSSR count). The molecule has 3 amide bonds. The second-order valence-corrected chi connectivity index (χ2v) is 9.72. The quantitative estimate of drug-likeness (QED) is 0.363. The maximum Gasteiger partial charge on any atom is 0.411 e. The van der Waals surface area contributed by atoms with Crippen LogP contribution in [-0.4, -0.2) is 73.6 Å². The van der Waals surface area contributed by atoms with Crippen LogP contribution in [0.25, 0.3) is 10.9 Å². The zero-order valence-electron chi connectivity index (χ0n) is 20.3. The van der Waals surface area contributed by atoms with Gasteiger partial charge in [0, 0.05) is 18.7 Å². The zero-order valence-corrected chi connectivity index (χ0v) is 20.3. The van der Waals surface area contributed by atoms with Gasteiger partial charge >= 0.3 is 12.1 Å². The van der Waals surface area contributed by atoms with Gasteiger partial charge in [0.2, 0.25) is 5.91 Å². The van der Waals surface area contributed by atoms with Gasteiger partial charge in [0.05, 0.1) is 5.39 Å². The molecule has 1 aromatic carbocycles. The second-order valence-electron chi connectivity index (χ2n) is 9.72. The molecule has 1 aromatic heterocycles. The third-order valence-electron chi connectivity index (χ3n) is 6.01. The summed E-state index contributed by atoms with van der Waals surface area (Å²) in [5.74, 6) is -2.06. The number of ether oxygens (including phenoxy) is 2. The number of aromatic nitrogens is 3. The molecule has 1 unspecified atom stereocenters. The van der Waals surface area contributed by atoms with Gasteiger partial charge in [-0.2, -0.15) is 4.68 Å². The molecular weight excluding hydrogens is 472 g/mol. The van der Waals surface area contributed by atoms with Crippen molar-refractivity contribution in [2.75, 3.05) is 19.0 Å². The highest BCUT2D eigenvalue weighted by Crippen LogP contribution is 2.25. The summed E-state index contributed by atoms with van der Waals surface area (Å²) in [5, 5.41) is 7.97. The number of carbonyl (C=O) groups is 4. The number of piperidine rings is 1. The summed E-state index contributed by atoms with van der Waals surface area (Å²) >= 11 is 0. The lowest BCUT2D eigenvalue weighted by Crippen LogP contribution is -2.50. The summed E-state index contributed by atoms with van der Waals surface area (Å²) in [6.07, 6.45) is 0.268. The van der Waals surface area contributed by atoms with Crippen molar-refractivity contribution < 1.29 is 28.7 Å². The third-order valence-corrected chi connectivity index (χ3v) is 6.01. The van der Waals surface area contributed by atoms with Gasteiger partial charge in [-0.05, 0) is 52.2 Å². The van der Waals surface area contributed by atoms with Gasteiger partial charge in [0.15, 0.2) is 6.73 Å². The van der Waals surface area contributed by atoms with E-state index < -0.39 is 53.9 Å². The number of nitrogen functional groups attached to an aromatic ring is 1. The zero-order chi connectivity index (χ0) is 26.2. The molecule has 2 aliphatic heterocycles. The number of amides is 3. The summed E-state index contributed by atoms with van der Waals surface area (Å²) in [5.41, 5.74) is 5.06. The average molecular weight is 501 g/mol. The number of nitrogens with zero attached hydrogens (tertiary/aromatic N) is 5. The van der Waals surface area contributed by atoms with Crippen molar-refractivity contribution in [1.82, 2.24) is 24.8 Å². The molecule has 0 bridgehead atoms. The molecule has 2 saturated heterocycles. The van der Waals surface area contributed by atoms with E-state index in [0.29, 0.717) is 19.4 Å².